The van der Waals surface area contributed by atoms with Crippen molar-refractivity contribution in [2.24, 2.45) is 0 Å². The largest absolute Gasteiger partial charge is 0.380 e. The maximum atomic E-state index is 5.75. The second-order valence-corrected chi connectivity index (χ2v) is 9.59. The van der Waals surface area contributed by atoms with Crippen LogP contribution in [0, 0.1) is 0 Å². The lowest BCUT2D eigenvalue weighted by Crippen LogP contribution is -2.28. The second-order valence-electron chi connectivity index (χ2n) is 9.59. The molecule has 6 nitrogen and oxygen atoms in total. The van der Waals surface area contributed by atoms with Gasteiger partial charge in [0.05, 0.1) is 39.6 Å². The zero-order valence-corrected chi connectivity index (χ0v) is 23.5. The van der Waals surface area contributed by atoms with E-state index >= 15 is 0 Å². The zero-order chi connectivity index (χ0) is 25.0. The average Bonchev–Trinajstić information content (AvgIpc) is 2.83. The van der Waals surface area contributed by atoms with E-state index in [0.29, 0.717) is 13.2 Å². The molecule has 0 aliphatic carbocycles. The Morgan fingerprint density at radius 1 is 0.353 bits per heavy atom. The van der Waals surface area contributed by atoms with Crippen LogP contribution in [0.2, 0.25) is 0 Å². The average molecular weight is 489 g/mol. The van der Waals surface area contributed by atoms with Crippen LogP contribution >= 0.6 is 0 Å². The van der Waals surface area contributed by atoms with Crippen molar-refractivity contribution >= 4 is 0 Å². The predicted molar refractivity (Wildman–Crippen MR) is 145 cm³/mol. The highest BCUT2D eigenvalue weighted by Gasteiger charge is 2.01. The molecule has 0 heterocycles. The van der Waals surface area contributed by atoms with E-state index < -0.39 is 0 Å². The minimum absolute atomic E-state index is 0.660. The molecule has 6 heteroatoms. The lowest BCUT2D eigenvalue weighted by atomic mass is 10.1. The first-order valence-electron chi connectivity index (χ1n) is 14.4. The molecule has 0 N–H and O–H groups in total. The van der Waals surface area contributed by atoms with Crippen molar-refractivity contribution in [1.82, 2.24) is 9.80 Å². The molecule has 0 radical (unpaired) electrons. The lowest BCUT2D eigenvalue weighted by Gasteiger charge is -2.17. The van der Waals surface area contributed by atoms with Gasteiger partial charge in [-0.1, -0.05) is 78.1 Å². The highest BCUT2D eigenvalue weighted by molar-refractivity contribution is 4.52. The fourth-order valence-corrected chi connectivity index (χ4v) is 3.60. The molecule has 0 aromatic heterocycles. The van der Waals surface area contributed by atoms with Crippen LogP contribution in [0.4, 0.5) is 0 Å². The quantitative estimate of drug-likeness (QED) is 0.127. The summed E-state index contributed by atoms with van der Waals surface area (Å²) in [5.41, 5.74) is 0. The van der Waals surface area contributed by atoms with Crippen molar-refractivity contribution in [2.75, 3.05) is 93.1 Å². The van der Waals surface area contributed by atoms with Gasteiger partial charge >= 0.3 is 0 Å². The molecule has 0 amide bonds. The van der Waals surface area contributed by atoms with E-state index in [4.69, 9.17) is 18.9 Å². The molecule has 34 heavy (non-hydrogen) atoms. The van der Waals surface area contributed by atoms with Crippen molar-refractivity contribution in [1.29, 1.82) is 0 Å². The van der Waals surface area contributed by atoms with E-state index in [1.54, 1.807) is 0 Å². The molecule has 0 unspecified atom stereocenters. The van der Waals surface area contributed by atoms with E-state index in [2.05, 4.69) is 37.7 Å². The predicted octanol–water partition coefficient (Wildman–Crippen LogP) is 5.64. The highest BCUT2D eigenvalue weighted by atomic mass is 16.5. The van der Waals surface area contributed by atoms with Gasteiger partial charge in [-0.15, -0.1) is 0 Å². The topological polar surface area (TPSA) is 43.4 Å². The summed E-state index contributed by atoms with van der Waals surface area (Å²) < 4.78 is 22.9. The molecule has 0 bridgehead atoms. The van der Waals surface area contributed by atoms with Crippen molar-refractivity contribution in [2.45, 2.75) is 90.9 Å². The number of rotatable bonds is 29. The van der Waals surface area contributed by atoms with E-state index in [9.17, 15) is 0 Å². The lowest BCUT2D eigenvalue weighted by molar-refractivity contribution is 0.0292. The molecule has 0 rings (SSSR count). The van der Waals surface area contributed by atoms with Crippen LogP contribution in [-0.4, -0.2) is 103 Å². The Hall–Kier alpha value is -0.240. The molecule has 0 aliphatic heterocycles. The fraction of sp³-hybridized carbons (Fsp3) is 1.00. The number of hydrogen-bond donors (Lipinski definition) is 0. The third kappa shape index (κ3) is 28.0. The Morgan fingerprint density at radius 2 is 0.647 bits per heavy atom. The summed E-state index contributed by atoms with van der Waals surface area (Å²) in [6.07, 6.45) is 15.8. The molecule has 0 atom stereocenters. The molecular weight excluding hydrogens is 428 g/mol. The Kier molecular flexibility index (Phi) is 28.8. The van der Waals surface area contributed by atoms with Gasteiger partial charge in [-0.25, -0.2) is 0 Å². The van der Waals surface area contributed by atoms with E-state index in [1.165, 1.54) is 77.0 Å². The third-order valence-corrected chi connectivity index (χ3v) is 6.13. The summed E-state index contributed by atoms with van der Waals surface area (Å²) in [6.45, 7) is 14.5. The molecule has 206 valence electrons. The molecule has 0 spiro atoms. The number of ether oxygens (including phenoxy) is 4. The van der Waals surface area contributed by atoms with Gasteiger partial charge in [0.2, 0.25) is 0 Å². The fourth-order valence-electron chi connectivity index (χ4n) is 3.60. The van der Waals surface area contributed by atoms with Crippen molar-refractivity contribution in [3.8, 4) is 0 Å². The van der Waals surface area contributed by atoms with Gasteiger partial charge in [-0.3, -0.25) is 0 Å². The number of hydrogen-bond acceptors (Lipinski definition) is 6. The van der Waals surface area contributed by atoms with Crippen LogP contribution in [0.3, 0.4) is 0 Å². The van der Waals surface area contributed by atoms with Gasteiger partial charge in [0, 0.05) is 39.4 Å². The Balaban J connectivity index is 3.24. The number of nitrogens with zero attached hydrogens (tertiary/aromatic N) is 2. The van der Waals surface area contributed by atoms with Gasteiger partial charge in [-0.2, -0.15) is 0 Å². The number of likely N-dealkylation sites (N-methyl/N-ethyl adjacent to an activating group) is 2. The minimum atomic E-state index is 0.660. The summed E-state index contributed by atoms with van der Waals surface area (Å²) in [4.78, 5) is 4.54. The summed E-state index contributed by atoms with van der Waals surface area (Å²) in [7, 11) is 4.25. The van der Waals surface area contributed by atoms with Crippen LogP contribution in [0.1, 0.15) is 90.9 Å². The van der Waals surface area contributed by atoms with Gasteiger partial charge in [0.1, 0.15) is 0 Å². The maximum Gasteiger partial charge on any atom is 0.0701 e. The van der Waals surface area contributed by atoms with E-state index in [-0.39, 0.29) is 0 Å². The first kappa shape index (κ1) is 33.8. The smallest absolute Gasteiger partial charge is 0.0701 e. The minimum Gasteiger partial charge on any atom is -0.380 e. The molecule has 0 aliphatic rings. The standard InChI is InChI=1S/C28H60N2O4/c1-5-7-9-11-13-15-21-31-23-17-29(3)19-25-33-27-28-34-26-20-30(4)18-24-32-22-16-14-12-10-8-6-2/h5-28H2,1-4H3. The Morgan fingerprint density at radius 3 is 1.00 bits per heavy atom. The van der Waals surface area contributed by atoms with Crippen molar-refractivity contribution in [3.63, 3.8) is 0 Å². The molecule has 0 saturated carbocycles. The summed E-state index contributed by atoms with van der Waals surface area (Å²) in [6, 6.07) is 0. The Bertz CT molecular complexity index is 340. The van der Waals surface area contributed by atoms with Gasteiger partial charge < -0.3 is 28.7 Å². The second kappa shape index (κ2) is 29.0. The summed E-state index contributed by atoms with van der Waals surface area (Å²) >= 11 is 0. The highest BCUT2D eigenvalue weighted by Crippen LogP contribution is 2.05. The normalized spacial score (nSPS) is 11.8. The first-order valence-corrected chi connectivity index (χ1v) is 14.4. The van der Waals surface area contributed by atoms with Crippen LogP contribution in [0.15, 0.2) is 0 Å². The van der Waals surface area contributed by atoms with E-state index in [0.717, 1.165) is 65.8 Å². The van der Waals surface area contributed by atoms with E-state index in [1.807, 2.05) is 0 Å². The number of unbranched alkanes of at least 4 members (excludes halogenated alkanes) is 10. The molecule has 0 aromatic carbocycles. The van der Waals surface area contributed by atoms with Crippen LogP contribution in [0.25, 0.3) is 0 Å². The SMILES string of the molecule is CCCCCCCCOCCN(C)CCOCCOCCN(C)CCOCCCCCCCC. The molecule has 0 saturated heterocycles. The molecule has 0 fully saturated rings. The molecular formula is C28H60N2O4. The van der Waals surface area contributed by atoms with Gasteiger partial charge in [0.15, 0.2) is 0 Å². The van der Waals surface area contributed by atoms with Gasteiger partial charge in [-0.05, 0) is 26.9 Å². The Labute approximate surface area is 213 Å². The monoisotopic (exact) mass is 488 g/mol. The first-order chi connectivity index (χ1) is 16.7. The maximum absolute atomic E-state index is 5.75. The van der Waals surface area contributed by atoms with Crippen LogP contribution < -0.4 is 0 Å². The summed E-state index contributed by atoms with van der Waals surface area (Å²) in [5.74, 6) is 0. The zero-order valence-electron chi connectivity index (χ0n) is 23.5. The van der Waals surface area contributed by atoms with Crippen molar-refractivity contribution < 1.29 is 18.9 Å². The van der Waals surface area contributed by atoms with Crippen LogP contribution in [-0.2, 0) is 18.9 Å². The summed E-state index contributed by atoms with van der Waals surface area (Å²) in [5, 5.41) is 0. The van der Waals surface area contributed by atoms with Crippen molar-refractivity contribution in [3.05, 3.63) is 0 Å². The van der Waals surface area contributed by atoms with Crippen LogP contribution in [0.5, 0.6) is 0 Å². The van der Waals surface area contributed by atoms with Gasteiger partial charge in [0.25, 0.3) is 0 Å². The molecule has 0 aromatic rings. The third-order valence-electron chi connectivity index (χ3n) is 6.13.